The van der Waals surface area contributed by atoms with Crippen molar-refractivity contribution in [1.29, 1.82) is 0 Å². The van der Waals surface area contributed by atoms with E-state index in [9.17, 15) is 4.39 Å². The average molecular weight is 260 g/mol. The van der Waals surface area contributed by atoms with Crippen LogP contribution in [0.25, 0.3) is 0 Å². The topological polar surface area (TPSA) is 53.6 Å². The highest BCUT2D eigenvalue weighted by Crippen LogP contribution is 2.36. The summed E-state index contributed by atoms with van der Waals surface area (Å²) in [5, 5.41) is 10.1. The van der Waals surface area contributed by atoms with Crippen LogP contribution in [-0.2, 0) is 6.42 Å². The van der Waals surface area contributed by atoms with Crippen LogP contribution in [0.5, 0.6) is 0 Å². The molecule has 5 heteroatoms. The molecule has 1 aromatic carbocycles. The lowest BCUT2D eigenvalue weighted by atomic mass is 9.76. The number of H-pyrrole nitrogens is 1. The van der Waals surface area contributed by atoms with Crippen LogP contribution in [0.3, 0.4) is 0 Å². The minimum Gasteiger partial charge on any atom is -0.313 e. The van der Waals surface area contributed by atoms with Gasteiger partial charge in [-0.05, 0) is 36.5 Å². The zero-order valence-electron chi connectivity index (χ0n) is 10.6. The van der Waals surface area contributed by atoms with E-state index in [1.165, 1.54) is 12.4 Å². The van der Waals surface area contributed by atoms with Gasteiger partial charge in [0.05, 0.1) is 0 Å². The molecule has 1 aliphatic carbocycles. The van der Waals surface area contributed by atoms with Gasteiger partial charge < -0.3 is 5.32 Å². The first kappa shape index (κ1) is 12.3. The number of hydrogen-bond acceptors (Lipinski definition) is 3. The molecule has 1 aromatic heterocycles. The first-order chi connectivity index (χ1) is 9.31. The van der Waals surface area contributed by atoms with Crippen molar-refractivity contribution < 1.29 is 4.39 Å². The van der Waals surface area contributed by atoms with Gasteiger partial charge in [-0.2, -0.15) is 5.10 Å². The van der Waals surface area contributed by atoms with Gasteiger partial charge in [-0.1, -0.05) is 12.1 Å². The lowest BCUT2D eigenvalue weighted by Gasteiger charge is -2.36. The van der Waals surface area contributed by atoms with Crippen LogP contribution in [0.4, 0.5) is 4.39 Å². The summed E-state index contributed by atoms with van der Waals surface area (Å²) < 4.78 is 13.1. The summed E-state index contributed by atoms with van der Waals surface area (Å²) in [4.78, 5) is 4.08. The molecule has 0 saturated heterocycles. The second-order valence-electron chi connectivity index (χ2n) is 5.06. The van der Waals surface area contributed by atoms with Gasteiger partial charge in [-0.15, -0.1) is 0 Å². The van der Waals surface area contributed by atoms with Crippen molar-refractivity contribution in [3.05, 3.63) is 47.8 Å². The number of hydrogen-bond donors (Lipinski definition) is 2. The van der Waals surface area contributed by atoms with Crippen molar-refractivity contribution in [3.8, 4) is 0 Å². The number of aromatic amines is 1. The quantitative estimate of drug-likeness (QED) is 0.864. The van der Waals surface area contributed by atoms with Crippen LogP contribution in [0.15, 0.2) is 30.6 Å². The number of halogens is 1. The van der Waals surface area contributed by atoms with E-state index in [0.717, 1.165) is 37.2 Å². The Kier molecular flexibility index (Phi) is 3.55. The van der Waals surface area contributed by atoms with E-state index in [1.54, 1.807) is 12.1 Å². The fourth-order valence-electron chi connectivity index (χ4n) is 2.56. The standard InChI is InChI=1S/C14H17FN4/c15-12-3-1-2-10(6-12)11-7-13(8-11)16-5-4-14-17-9-18-19-14/h1-3,6,9,11,13,16H,4-5,7-8H2,(H,17,18,19). The maximum atomic E-state index is 13.1. The third kappa shape index (κ3) is 2.98. The Morgan fingerprint density at radius 1 is 1.37 bits per heavy atom. The van der Waals surface area contributed by atoms with Crippen molar-refractivity contribution in [1.82, 2.24) is 20.5 Å². The van der Waals surface area contributed by atoms with Gasteiger partial charge in [0.15, 0.2) is 0 Å². The number of rotatable bonds is 5. The van der Waals surface area contributed by atoms with Gasteiger partial charge in [-0.25, -0.2) is 9.37 Å². The Morgan fingerprint density at radius 2 is 2.26 bits per heavy atom. The molecule has 0 aliphatic heterocycles. The summed E-state index contributed by atoms with van der Waals surface area (Å²) in [6, 6.07) is 7.48. The van der Waals surface area contributed by atoms with Crippen molar-refractivity contribution in [2.45, 2.75) is 31.2 Å². The van der Waals surface area contributed by atoms with Crippen molar-refractivity contribution in [2.75, 3.05) is 6.54 Å². The third-order valence-electron chi connectivity index (χ3n) is 3.72. The maximum Gasteiger partial charge on any atom is 0.137 e. The molecule has 1 saturated carbocycles. The van der Waals surface area contributed by atoms with E-state index < -0.39 is 0 Å². The van der Waals surface area contributed by atoms with Crippen molar-refractivity contribution in [3.63, 3.8) is 0 Å². The van der Waals surface area contributed by atoms with E-state index in [0.29, 0.717) is 12.0 Å². The van der Waals surface area contributed by atoms with Crippen LogP contribution in [0, 0.1) is 5.82 Å². The fourth-order valence-corrected chi connectivity index (χ4v) is 2.56. The molecule has 4 nitrogen and oxygen atoms in total. The van der Waals surface area contributed by atoms with Gasteiger partial charge in [0.1, 0.15) is 18.0 Å². The van der Waals surface area contributed by atoms with Crippen LogP contribution in [0.1, 0.15) is 30.1 Å². The molecular formula is C14H17FN4. The lowest BCUT2D eigenvalue weighted by Crippen LogP contribution is -2.41. The van der Waals surface area contributed by atoms with E-state index >= 15 is 0 Å². The minimum absolute atomic E-state index is 0.140. The van der Waals surface area contributed by atoms with Gasteiger partial charge in [0.2, 0.25) is 0 Å². The molecule has 19 heavy (non-hydrogen) atoms. The molecule has 100 valence electrons. The molecule has 2 aromatic rings. The summed E-state index contributed by atoms with van der Waals surface area (Å²) in [6.45, 7) is 0.899. The summed E-state index contributed by atoms with van der Waals surface area (Å²) >= 11 is 0. The molecule has 1 aliphatic rings. The Hall–Kier alpha value is -1.75. The largest absolute Gasteiger partial charge is 0.313 e. The Balaban J connectivity index is 1.41. The zero-order chi connectivity index (χ0) is 13.1. The first-order valence-corrected chi connectivity index (χ1v) is 6.64. The molecule has 0 unspecified atom stereocenters. The molecule has 2 N–H and O–H groups in total. The predicted molar refractivity (Wildman–Crippen MR) is 70.3 cm³/mol. The molecule has 1 fully saturated rings. The predicted octanol–water partition coefficient (Wildman–Crippen LogP) is 2.02. The summed E-state index contributed by atoms with van der Waals surface area (Å²) in [5.74, 6) is 1.27. The highest BCUT2D eigenvalue weighted by molar-refractivity contribution is 5.23. The first-order valence-electron chi connectivity index (χ1n) is 6.64. The normalized spacial score (nSPS) is 22.2. The average Bonchev–Trinajstić information content (AvgIpc) is 2.85. The third-order valence-corrected chi connectivity index (χ3v) is 3.72. The number of benzene rings is 1. The lowest BCUT2D eigenvalue weighted by molar-refractivity contribution is 0.291. The van der Waals surface area contributed by atoms with Crippen LogP contribution >= 0.6 is 0 Å². The molecule has 3 rings (SSSR count). The van der Waals surface area contributed by atoms with E-state index in [2.05, 4.69) is 20.5 Å². The second-order valence-corrected chi connectivity index (χ2v) is 5.06. The van der Waals surface area contributed by atoms with Gasteiger partial charge in [-0.3, -0.25) is 5.10 Å². The fraction of sp³-hybridized carbons (Fsp3) is 0.429. The number of aromatic nitrogens is 3. The van der Waals surface area contributed by atoms with Crippen LogP contribution in [-0.4, -0.2) is 27.8 Å². The smallest absolute Gasteiger partial charge is 0.137 e. The SMILES string of the molecule is Fc1cccc(C2CC(NCCc3ncn[nH]3)C2)c1. The van der Waals surface area contributed by atoms with Crippen LogP contribution < -0.4 is 5.32 Å². The van der Waals surface area contributed by atoms with E-state index in [1.807, 2.05) is 6.07 Å². The molecule has 0 spiro atoms. The highest BCUT2D eigenvalue weighted by Gasteiger charge is 2.29. The molecular weight excluding hydrogens is 243 g/mol. The second kappa shape index (κ2) is 5.48. The van der Waals surface area contributed by atoms with Crippen LogP contribution in [0.2, 0.25) is 0 Å². The highest BCUT2D eigenvalue weighted by atomic mass is 19.1. The molecule has 0 radical (unpaired) electrons. The van der Waals surface area contributed by atoms with Gasteiger partial charge in [0, 0.05) is 19.0 Å². The Morgan fingerprint density at radius 3 is 3.00 bits per heavy atom. The number of nitrogens with one attached hydrogen (secondary N) is 2. The number of nitrogens with zero attached hydrogens (tertiary/aromatic N) is 2. The van der Waals surface area contributed by atoms with E-state index in [-0.39, 0.29) is 5.82 Å². The monoisotopic (exact) mass is 260 g/mol. The Labute approximate surface area is 111 Å². The molecule has 0 amide bonds. The van der Waals surface area contributed by atoms with Gasteiger partial charge >= 0.3 is 0 Å². The zero-order valence-corrected chi connectivity index (χ0v) is 10.6. The summed E-state index contributed by atoms with van der Waals surface area (Å²) in [7, 11) is 0. The summed E-state index contributed by atoms with van der Waals surface area (Å²) in [5.41, 5.74) is 1.12. The van der Waals surface area contributed by atoms with Crippen molar-refractivity contribution in [2.24, 2.45) is 0 Å². The molecule has 0 bridgehead atoms. The van der Waals surface area contributed by atoms with Gasteiger partial charge in [0.25, 0.3) is 0 Å². The van der Waals surface area contributed by atoms with Crippen molar-refractivity contribution >= 4 is 0 Å². The maximum absolute atomic E-state index is 13.1. The summed E-state index contributed by atoms with van der Waals surface area (Å²) in [6.07, 6.45) is 4.56. The minimum atomic E-state index is -0.140. The van der Waals surface area contributed by atoms with E-state index in [4.69, 9.17) is 0 Å². The Bertz CT molecular complexity index is 520. The molecule has 1 heterocycles. The molecule has 0 atom stereocenters.